The zero-order chi connectivity index (χ0) is 13.6. The fraction of sp³-hybridized carbons (Fsp3) is 0.500. The van der Waals surface area contributed by atoms with Crippen molar-refractivity contribution in [2.45, 2.75) is 24.2 Å². The quantitative estimate of drug-likeness (QED) is 0.768. The number of unbranched alkanes of at least 4 members (excludes halogenated alkanes) is 2. The number of sulfonamides is 1. The second-order valence-electron chi connectivity index (χ2n) is 4.13. The first-order valence-electron chi connectivity index (χ1n) is 5.90. The molecule has 0 aliphatic heterocycles. The second kappa shape index (κ2) is 6.82. The smallest absolute Gasteiger partial charge is 0.242 e. The van der Waals surface area contributed by atoms with Crippen molar-refractivity contribution in [1.82, 2.24) is 4.31 Å². The number of nitrogens with zero attached hydrogens (tertiary/aromatic N) is 1. The minimum Gasteiger partial charge on any atom is -0.330 e. The number of rotatable bonds is 7. The summed E-state index contributed by atoms with van der Waals surface area (Å²) in [6.07, 6.45) is 2.52. The van der Waals surface area contributed by atoms with Crippen LogP contribution in [0.1, 0.15) is 19.3 Å². The molecule has 0 bridgehead atoms. The molecule has 0 saturated carbocycles. The molecule has 1 aromatic rings. The van der Waals surface area contributed by atoms with Crippen molar-refractivity contribution >= 4 is 10.0 Å². The molecule has 18 heavy (non-hydrogen) atoms. The molecule has 0 unspecified atom stereocenters. The van der Waals surface area contributed by atoms with Crippen molar-refractivity contribution < 1.29 is 12.8 Å². The molecular weight excluding hydrogens is 255 g/mol. The Morgan fingerprint density at radius 2 is 2.00 bits per heavy atom. The third-order valence-corrected chi connectivity index (χ3v) is 4.53. The molecule has 0 saturated heterocycles. The van der Waals surface area contributed by atoms with Gasteiger partial charge in [0, 0.05) is 13.6 Å². The Morgan fingerprint density at radius 3 is 2.61 bits per heavy atom. The molecule has 2 N–H and O–H groups in total. The Bertz CT molecular complexity index is 477. The number of hydrogen-bond acceptors (Lipinski definition) is 3. The van der Waals surface area contributed by atoms with Gasteiger partial charge in [0.25, 0.3) is 0 Å². The molecule has 1 rings (SSSR count). The fourth-order valence-electron chi connectivity index (χ4n) is 1.58. The maximum atomic E-state index is 13.0. The van der Waals surface area contributed by atoms with Crippen LogP contribution in [0.5, 0.6) is 0 Å². The van der Waals surface area contributed by atoms with Crippen LogP contribution < -0.4 is 5.73 Å². The summed E-state index contributed by atoms with van der Waals surface area (Å²) in [6.45, 7) is 1.03. The standard InChI is InChI=1S/C12H19FN2O2S/c1-15(9-4-2-3-8-14)18(16,17)12-7-5-6-11(13)10-12/h5-7,10H,2-4,8-9,14H2,1H3. The predicted molar refractivity (Wildman–Crippen MR) is 69.1 cm³/mol. The molecule has 1 aromatic carbocycles. The van der Waals surface area contributed by atoms with E-state index in [2.05, 4.69) is 0 Å². The molecule has 0 fully saturated rings. The molecule has 0 atom stereocenters. The van der Waals surface area contributed by atoms with Gasteiger partial charge >= 0.3 is 0 Å². The molecule has 0 aromatic heterocycles. The normalized spacial score (nSPS) is 12.0. The summed E-state index contributed by atoms with van der Waals surface area (Å²) in [5.74, 6) is -0.549. The lowest BCUT2D eigenvalue weighted by Crippen LogP contribution is -2.28. The Hall–Kier alpha value is -0.980. The lowest BCUT2D eigenvalue weighted by molar-refractivity contribution is 0.452. The Labute approximate surface area is 108 Å². The van der Waals surface area contributed by atoms with Crippen molar-refractivity contribution in [2.24, 2.45) is 5.73 Å². The lowest BCUT2D eigenvalue weighted by Gasteiger charge is -2.17. The summed E-state index contributed by atoms with van der Waals surface area (Å²) < 4.78 is 38.4. The van der Waals surface area contributed by atoms with Crippen LogP contribution in [0.2, 0.25) is 0 Å². The van der Waals surface area contributed by atoms with E-state index in [-0.39, 0.29) is 4.90 Å². The molecule has 0 radical (unpaired) electrons. The molecule has 0 spiro atoms. The molecule has 0 aliphatic carbocycles. The maximum absolute atomic E-state index is 13.0. The van der Waals surface area contributed by atoms with Crippen molar-refractivity contribution in [2.75, 3.05) is 20.1 Å². The molecule has 0 amide bonds. The zero-order valence-corrected chi connectivity index (χ0v) is 11.3. The first kappa shape index (κ1) is 15.1. The van der Waals surface area contributed by atoms with E-state index in [0.717, 1.165) is 25.3 Å². The highest BCUT2D eigenvalue weighted by Gasteiger charge is 2.20. The third-order valence-electron chi connectivity index (χ3n) is 2.68. The summed E-state index contributed by atoms with van der Waals surface area (Å²) >= 11 is 0. The van der Waals surface area contributed by atoms with Crippen LogP contribution in [0.25, 0.3) is 0 Å². The van der Waals surface area contributed by atoms with E-state index >= 15 is 0 Å². The molecule has 4 nitrogen and oxygen atoms in total. The summed E-state index contributed by atoms with van der Waals surface area (Å²) in [5, 5.41) is 0. The van der Waals surface area contributed by atoms with Gasteiger partial charge in [-0.2, -0.15) is 0 Å². The highest BCUT2D eigenvalue weighted by molar-refractivity contribution is 7.89. The predicted octanol–water partition coefficient (Wildman–Crippen LogP) is 1.58. The van der Waals surface area contributed by atoms with Gasteiger partial charge < -0.3 is 5.73 Å². The average Bonchev–Trinajstić information content (AvgIpc) is 2.34. The second-order valence-corrected chi connectivity index (χ2v) is 6.18. The highest BCUT2D eigenvalue weighted by Crippen LogP contribution is 2.15. The first-order valence-corrected chi connectivity index (χ1v) is 7.34. The van der Waals surface area contributed by atoms with Crippen LogP contribution in [-0.4, -0.2) is 32.9 Å². The van der Waals surface area contributed by atoms with Crippen LogP contribution in [0.4, 0.5) is 4.39 Å². The van der Waals surface area contributed by atoms with Gasteiger partial charge in [-0.05, 0) is 37.6 Å². The molecule has 0 heterocycles. The van der Waals surface area contributed by atoms with Crippen LogP contribution in [0, 0.1) is 5.82 Å². The van der Waals surface area contributed by atoms with Gasteiger partial charge in [0.05, 0.1) is 4.90 Å². The largest absolute Gasteiger partial charge is 0.330 e. The van der Waals surface area contributed by atoms with E-state index in [1.807, 2.05) is 0 Å². The number of hydrogen-bond donors (Lipinski definition) is 1. The van der Waals surface area contributed by atoms with E-state index in [0.29, 0.717) is 13.1 Å². The Kier molecular flexibility index (Phi) is 5.71. The monoisotopic (exact) mass is 274 g/mol. The summed E-state index contributed by atoms with van der Waals surface area (Å²) in [5.41, 5.74) is 5.37. The average molecular weight is 274 g/mol. The fourth-order valence-corrected chi connectivity index (χ4v) is 2.82. The Balaban J connectivity index is 2.68. The minimum absolute atomic E-state index is 0.0103. The lowest BCUT2D eigenvalue weighted by atomic mass is 10.2. The van der Waals surface area contributed by atoms with E-state index in [1.54, 1.807) is 0 Å². The van der Waals surface area contributed by atoms with Crippen LogP contribution >= 0.6 is 0 Å². The van der Waals surface area contributed by atoms with Crippen molar-refractivity contribution in [1.29, 1.82) is 0 Å². The van der Waals surface area contributed by atoms with Crippen LogP contribution in [-0.2, 0) is 10.0 Å². The van der Waals surface area contributed by atoms with Crippen LogP contribution in [0.15, 0.2) is 29.2 Å². The van der Waals surface area contributed by atoms with Gasteiger partial charge in [0.1, 0.15) is 5.82 Å². The van der Waals surface area contributed by atoms with Gasteiger partial charge in [0.2, 0.25) is 10.0 Å². The third kappa shape index (κ3) is 4.04. The van der Waals surface area contributed by atoms with Gasteiger partial charge in [-0.25, -0.2) is 17.1 Å². The van der Waals surface area contributed by atoms with Gasteiger partial charge in [-0.15, -0.1) is 0 Å². The summed E-state index contributed by atoms with van der Waals surface area (Å²) in [6, 6.07) is 5.05. The molecule has 102 valence electrons. The maximum Gasteiger partial charge on any atom is 0.242 e. The first-order chi connectivity index (χ1) is 8.48. The van der Waals surface area contributed by atoms with E-state index < -0.39 is 15.8 Å². The van der Waals surface area contributed by atoms with Crippen molar-refractivity contribution in [3.63, 3.8) is 0 Å². The van der Waals surface area contributed by atoms with Gasteiger partial charge in [-0.3, -0.25) is 0 Å². The highest BCUT2D eigenvalue weighted by atomic mass is 32.2. The molecular formula is C12H19FN2O2S. The SMILES string of the molecule is CN(CCCCCN)S(=O)(=O)c1cccc(F)c1. The number of halogens is 1. The van der Waals surface area contributed by atoms with Crippen LogP contribution in [0.3, 0.4) is 0 Å². The van der Waals surface area contributed by atoms with Crippen molar-refractivity contribution in [3.8, 4) is 0 Å². The Morgan fingerprint density at radius 1 is 1.28 bits per heavy atom. The van der Waals surface area contributed by atoms with E-state index in [1.165, 1.54) is 29.6 Å². The molecule has 0 aliphatic rings. The van der Waals surface area contributed by atoms with E-state index in [9.17, 15) is 12.8 Å². The van der Waals surface area contributed by atoms with Gasteiger partial charge in [-0.1, -0.05) is 12.5 Å². The summed E-state index contributed by atoms with van der Waals surface area (Å²) in [7, 11) is -2.08. The number of nitrogens with two attached hydrogens (primary N) is 1. The van der Waals surface area contributed by atoms with E-state index in [4.69, 9.17) is 5.73 Å². The minimum atomic E-state index is -3.59. The van der Waals surface area contributed by atoms with Crippen molar-refractivity contribution in [3.05, 3.63) is 30.1 Å². The summed E-state index contributed by atoms with van der Waals surface area (Å²) in [4.78, 5) is -0.0103. The number of benzene rings is 1. The van der Waals surface area contributed by atoms with Gasteiger partial charge in [0.15, 0.2) is 0 Å². The molecule has 6 heteroatoms. The topological polar surface area (TPSA) is 63.4 Å². The zero-order valence-electron chi connectivity index (χ0n) is 10.5.